The number of rotatable bonds is 0. The van der Waals surface area contributed by atoms with Crippen molar-refractivity contribution in [1.29, 1.82) is 0 Å². The lowest BCUT2D eigenvalue weighted by Gasteiger charge is -2.22. The van der Waals surface area contributed by atoms with E-state index in [-0.39, 0.29) is 23.8 Å². The average Bonchev–Trinajstić information content (AvgIpc) is 2.52. The van der Waals surface area contributed by atoms with Gasteiger partial charge in [0, 0.05) is 0 Å². The third-order valence-corrected chi connectivity index (χ3v) is 3.29. The Bertz CT molecular complexity index is 409. The van der Waals surface area contributed by atoms with Crippen molar-refractivity contribution in [2.24, 2.45) is 11.8 Å². The Labute approximate surface area is 87.0 Å². The molecule has 15 heavy (non-hydrogen) atoms. The number of ether oxygens (including phenoxy) is 1. The number of carbonyl (C=O) groups excluding carboxylic acids is 2. The van der Waals surface area contributed by atoms with E-state index >= 15 is 0 Å². The molecule has 2 aliphatic rings. The Morgan fingerprint density at radius 1 is 0.933 bits per heavy atom. The molecule has 0 aromatic heterocycles. The van der Waals surface area contributed by atoms with Gasteiger partial charge in [0.05, 0.1) is 11.8 Å². The minimum absolute atomic E-state index is 0.243. The molecule has 1 aliphatic carbocycles. The highest BCUT2D eigenvalue weighted by Crippen LogP contribution is 2.35. The molecule has 3 nitrogen and oxygen atoms in total. The van der Waals surface area contributed by atoms with Gasteiger partial charge in [-0.25, -0.2) is 0 Å². The molecule has 1 aromatic rings. The summed E-state index contributed by atoms with van der Waals surface area (Å²) >= 11 is 0. The maximum absolute atomic E-state index is 11.4. The quantitative estimate of drug-likeness (QED) is 0.467. The number of hydrogen-bond acceptors (Lipinski definition) is 3. The second kappa shape index (κ2) is 2.92. The second-order valence-electron chi connectivity index (χ2n) is 4.13. The number of hydrogen-bond donors (Lipinski definition) is 0. The summed E-state index contributed by atoms with van der Waals surface area (Å²) in [6.45, 7) is 0. The molecule has 0 bridgehead atoms. The van der Waals surface area contributed by atoms with Crippen molar-refractivity contribution in [2.75, 3.05) is 0 Å². The van der Waals surface area contributed by atoms with Crippen LogP contribution < -0.4 is 0 Å². The number of benzene rings is 1. The zero-order valence-electron chi connectivity index (χ0n) is 8.10. The zero-order chi connectivity index (χ0) is 10.4. The van der Waals surface area contributed by atoms with E-state index in [1.807, 2.05) is 24.3 Å². The molecule has 1 fully saturated rings. The molecule has 0 N–H and O–H groups in total. The van der Waals surface area contributed by atoms with E-state index < -0.39 is 0 Å². The van der Waals surface area contributed by atoms with E-state index in [1.165, 1.54) is 11.1 Å². The van der Waals surface area contributed by atoms with Crippen LogP contribution in [0.4, 0.5) is 0 Å². The van der Waals surface area contributed by atoms with E-state index in [4.69, 9.17) is 0 Å². The Kier molecular flexibility index (Phi) is 1.69. The lowest BCUT2D eigenvalue weighted by molar-refractivity contribution is -0.153. The van der Waals surface area contributed by atoms with E-state index in [9.17, 15) is 9.59 Å². The summed E-state index contributed by atoms with van der Waals surface area (Å²) in [5.74, 6) is -1.18. The molecule has 1 heterocycles. The van der Waals surface area contributed by atoms with Crippen molar-refractivity contribution in [1.82, 2.24) is 0 Å². The molecule has 76 valence electrons. The maximum Gasteiger partial charge on any atom is 0.317 e. The van der Waals surface area contributed by atoms with Crippen molar-refractivity contribution >= 4 is 11.9 Å². The molecule has 0 radical (unpaired) electrons. The van der Waals surface area contributed by atoms with E-state index in [0.29, 0.717) is 12.8 Å². The van der Waals surface area contributed by atoms with Crippen LogP contribution >= 0.6 is 0 Å². The summed E-state index contributed by atoms with van der Waals surface area (Å²) in [5.41, 5.74) is 2.34. The Hall–Kier alpha value is -1.64. The van der Waals surface area contributed by atoms with Crippen LogP contribution in [0.2, 0.25) is 0 Å². The largest absolute Gasteiger partial charge is 0.393 e. The summed E-state index contributed by atoms with van der Waals surface area (Å²) in [6.07, 6.45) is 1.29. The van der Waals surface area contributed by atoms with Crippen molar-refractivity contribution in [3.05, 3.63) is 35.4 Å². The van der Waals surface area contributed by atoms with Crippen LogP contribution in [0.5, 0.6) is 0 Å². The molecule has 3 rings (SSSR count). The van der Waals surface area contributed by atoms with Gasteiger partial charge in [-0.2, -0.15) is 0 Å². The molecule has 0 amide bonds. The van der Waals surface area contributed by atoms with E-state index in [0.717, 1.165) is 0 Å². The molecule has 3 heteroatoms. The van der Waals surface area contributed by atoms with Gasteiger partial charge in [-0.05, 0) is 24.0 Å². The second-order valence-corrected chi connectivity index (χ2v) is 4.13. The first-order valence-electron chi connectivity index (χ1n) is 5.08. The molecule has 1 aliphatic heterocycles. The van der Waals surface area contributed by atoms with Crippen molar-refractivity contribution in [2.45, 2.75) is 12.8 Å². The van der Waals surface area contributed by atoms with Crippen molar-refractivity contribution < 1.29 is 14.3 Å². The van der Waals surface area contributed by atoms with Gasteiger partial charge >= 0.3 is 11.9 Å². The molecule has 0 saturated carbocycles. The SMILES string of the molecule is O=C1OC(=O)[C@@H]2Cc3ccccc3C[C@H]12. The number of cyclic esters (lactones) is 2. The van der Waals surface area contributed by atoms with Crippen LogP contribution in [0.15, 0.2) is 24.3 Å². The molecular weight excluding hydrogens is 192 g/mol. The lowest BCUT2D eigenvalue weighted by Crippen LogP contribution is -2.27. The third-order valence-electron chi connectivity index (χ3n) is 3.29. The first-order valence-corrected chi connectivity index (χ1v) is 5.08. The highest BCUT2D eigenvalue weighted by atomic mass is 16.6. The van der Waals surface area contributed by atoms with Gasteiger partial charge in [0.15, 0.2) is 0 Å². The molecule has 1 aromatic carbocycles. The van der Waals surface area contributed by atoms with Crippen LogP contribution in [0, 0.1) is 11.8 Å². The van der Waals surface area contributed by atoms with Gasteiger partial charge in [0.1, 0.15) is 0 Å². The monoisotopic (exact) mass is 202 g/mol. The van der Waals surface area contributed by atoms with E-state index in [2.05, 4.69) is 4.74 Å². The lowest BCUT2D eigenvalue weighted by atomic mass is 9.77. The summed E-state index contributed by atoms with van der Waals surface area (Å²) in [6, 6.07) is 7.95. The predicted molar refractivity (Wildman–Crippen MR) is 51.9 cm³/mol. The van der Waals surface area contributed by atoms with Gasteiger partial charge in [0.25, 0.3) is 0 Å². The highest BCUT2D eigenvalue weighted by molar-refractivity contribution is 5.97. The minimum Gasteiger partial charge on any atom is -0.393 e. The topological polar surface area (TPSA) is 43.4 Å². The van der Waals surface area contributed by atoms with Crippen LogP contribution in [0.3, 0.4) is 0 Å². The Morgan fingerprint density at radius 2 is 1.40 bits per heavy atom. The first-order chi connectivity index (χ1) is 7.25. The molecule has 1 saturated heterocycles. The number of carbonyl (C=O) groups is 2. The van der Waals surface area contributed by atoms with Gasteiger partial charge in [-0.15, -0.1) is 0 Å². The fraction of sp³-hybridized carbons (Fsp3) is 0.333. The molecule has 2 atom stereocenters. The molecular formula is C12H10O3. The standard InChI is InChI=1S/C12H10O3/c13-11-9-5-7-3-1-2-4-8(7)6-10(9)12(14)15-11/h1-4,9-10H,5-6H2/t9-,10+. The predicted octanol–water partition coefficient (Wildman–Crippen LogP) is 1.10. The fourth-order valence-corrected chi connectivity index (χ4v) is 2.46. The summed E-state index contributed by atoms with van der Waals surface area (Å²) in [4.78, 5) is 22.8. The van der Waals surface area contributed by atoms with Gasteiger partial charge in [0.2, 0.25) is 0 Å². The minimum atomic E-state index is -0.348. The highest BCUT2D eigenvalue weighted by Gasteiger charge is 2.46. The van der Waals surface area contributed by atoms with Gasteiger partial charge in [-0.1, -0.05) is 24.3 Å². The van der Waals surface area contributed by atoms with Crippen LogP contribution in [0.1, 0.15) is 11.1 Å². The normalized spacial score (nSPS) is 28.3. The maximum atomic E-state index is 11.4. The number of fused-ring (bicyclic) bond motifs is 2. The van der Waals surface area contributed by atoms with Crippen LogP contribution in [-0.4, -0.2) is 11.9 Å². The number of esters is 2. The third kappa shape index (κ3) is 1.19. The summed E-state index contributed by atoms with van der Waals surface area (Å²) < 4.78 is 4.66. The summed E-state index contributed by atoms with van der Waals surface area (Å²) in [7, 11) is 0. The van der Waals surface area contributed by atoms with Gasteiger partial charge in [-0.3, -0.25) is 9.59 Å². The van der Waals surface area contributed by atoms with Gasteiger partial charge < -0.3 is 4.74 Å². The zero-order valence-corrected chi connectivity index (χ0v) is 8.10. The van der Waals surface area contributed by atoms with Crippen LogP contribution in [-0.2, 0) is 27.2 Å². The Balaban J connectivity index is 2.03. The molecule has 0 spiro atoms. The Morgan fingerprint density at radius 3 is 1.87 bits per heavy atom. The van der Waals surface area contributed by atoms with Crippen LogP contribution in [0.25, 0.3) is 0 Å². The average molecular weight is 202 g/mol. The van der Waals surface area contributed by atoms with Crippen molar-refractivity contribution in [3.8, 4) is 0 Å². The van der Waals surface area contributed by atoms with E-state index in [1.54, 1.807) is 0 Å². The first kappa shape index (κ1) is 8.65. The summed E-state index contributed by atoms with van der Waals surface area (Å²) in [5, 5.41) is 0. The van der Waals surface area contributed by atoms with Crippen molar-refractivity contribution in [3.63, 3.8) is 0 Å². The fourth-order valence-electron chi connectivity index (χ4n) is 2.46. The molecule has 0 unspecified atom stereocenters. The smallest absolute Gasteiger partial charge is 0.317 e.